The van der Waals surface area contributed by atoms with Crippen molar-refractivity contribution in [3.63, 3.8) is 0 Å². The molecule has 0 saturated heterocycles. The summed E-state index contributed by atoms with van der Waals surface area (Å²) in [5, 5.41) is 6.04. The molecule has 0 atom stereocenters. The van der Waals surface area contributed by atoms with Gasteiger partial charge in [0, 0.05) is 130 Å². The first kappa shape index (κ1) is 118. The maximum Gasteiger partial charge on any atom is 0.0799 e. The minimum absolute atomic E-state index is 0. The molecule has 0 aliphatic heterocycles. The summed E-state index contributed by atoms with van der Waals surface area (Å²) in [6.45, 7) is 52.7. The van der Waals surface area contributed by atoms with Gasteiger partial charge >= 0.3 is 0 Å². The van der Waals surface area contributed by atoms with E-state index in [1.807, 2.05) is 170 Å². The Kier molecular flexibility index (Phi) is 46.6. The van der Waals surface area contributed by atoms with Crippen LogP contribution < -0.4 is 20.7 Å². The van der Waals surface area contributed by atoms with E-state index in [-0.39, 0.29) is 80.4 Å². The van der Waals surface area contributed by atoms with Gasteiger partial charge in [-0.2, -0.15) is 0 Å². The molecule has 8 heterocycles. The Labute approximate surface area is 910 Å². The molecule has 0 unspecified atom stereocenters. The number of nitrogens with zero attached hydrogens (tertiary/aromatic N) is 8. The van der Waals surface area contributed by atoms with Crippen molar-refractivity contribution in [2.75, 3.05) is 0 Å². The van der Waals surface area contributed by atoms with Gasteiger partial charge in [-0.05, 0) is 177 Å². The molecule has 20 rings (SSSR count). The summed E-state index contributed by atoms with van der Waals surface area (Å²) in [7, 11) is -5.42. The summed E-state index contributed by atoms with van der Waals surface area (Å²) in [4.78, 5) is 36.0. The predicted molar refractivity (Wildman–Crippen MR) is 595 cm³/mol. The third-order valence-electron chi connectivity index (χ3n) is 25.7. The zero-order chi connectivity index (χ0) is 98.7. The van der Waals surface area contributed by atoms with Crippen LogP contribution in [0.5, 0.6) is 0 Å². The Balaban J connectivity index is 0.000000201. The fourth-order valence-electron chi connectivity index (χ4n) is 19.3. The van der Waals surface area contributed by atoms with E-state index in [9.17, 15) is 0 Å². The fraction of sp³-hybridized carbons (Fsp3) is 0.302. The van der Waals surface area contributed by atoms with Crippen molar-refractivity contribution in [2.24, 2.45) is 29.6 Å². The molecule has 4 aliphatic carbocycles. The third kappa shape index (κ3) is 35.1. The van der Waals surface area contributed by atoms with Crippen LogP contribution in [0.2, 0.25) is 78.6 Å². The second kappa shape index (κ2) is 56.2. The molecular formula is C126H142Ir4N8Si4-8. The molecule has 142 heavy (non-hydrogen) atoms. The number of benzene rings is 8. The molecule has 0 spiro atoms. The van der Waals surface area contributed by atoms with Crippen molar-refractivity contribution >= 4 is 53.0 Å². The van der Waals surface area contributed by atoms with Crippen LogP contribution in [0, 0.1) is 127 Å². The molecule has 8 aromatic carbocycles. The fourth-order valence-corrected chi connectivity index (χ4v) is 25.9. The first-order valence-corrected chi connectivity index (χ1v) is 63.6. The Bertz CT molecular complexity index is 5960. The summed E-state index contributed by atoms with van der Waals surface area (Å²) >= 11 is 0. The van der Waals surface area contributed by atoms with Crippen molar-refractivity contribution < 1.29 is 80.4 Å². The van der Waals surface area contributed by atoms with Gasteiger partial charge in [-0.15, -0.1) is 284 Å². The second-order valence-corrected chi connectivity index (χ2v) is 62.1. The standard InChI is InChI=1S/C26H34NSi.2C19H26NSi.C18H24NSi.4C11H8N.4Ir/c1-17-5-7-20(8-6-17)25-15-23(26(16-27-25)28(2,3)4)14-24-21-10-18-9-19(12-21)13-22(24)11-18;1-13(2)17-11-18(20-12-19(17)21(5,6)7)16-9-14(3)8-15(4)10-16;1-7-8-16-12-18(20-13-19(16)21(4,5)6)17-10-14(2)9-15(3)11-17;1-7-15-11-17(19-12-18(15)20(4,5)6)16-9-13(2)8-14(3)10-16;4*1-2-6-10(7-3-1)11-8-4-5-9-12-11;;;;/h5-7,15-16,18-19,21-22,24H,9-14H2,1-4H3;8-9,11-13H,1-7H3;9-10,12-13H,7-8H2,1-6H3;8-9,11-12H,7H2,1-6H3;4*1-6,8-9H;;;;/q8*-1;;;;. The van der Waals surface area contributed by atoms with E-state index >= 15 is 0 Å². The normalized spacial score (nSPS) is 14.6. The maximum absolute atomic E-state index is 4.89. The largest absolute Gasteiger partial charge is 0.305 e. The molecule has 4 bridgehead atoms. The van der Waals surface area contributed by atoms with Crippen LogP contribution in [0.15, 0.2) is 298 Å². The summed E-state index contributed by atoms with van der Waals surface area (Å²) < 4.78 is 0. The van der Waals surface area contributed by atoms with E-state index in [1.54, 1.807) is 42.0 Å². The second-order valence-electron chi connectivity index (χ2n) is 41.9. The molecule has 0 N–H and O–H groups in total. The van der Waals surface area contributed by atoms with Crippen LogP contribution >= 0.6 is 0 Å². The van der Waals surface area contributed by atoms with Crippen LogP contribution in [0.4, 0.5) is 0 Å². The number of aryl methyl sites for hydroxylation is 9. The number of hydrogen-bond donors (Lipinski definition) is 0. The zero-order valence-corrected chi connectivity index (χ0v) is 101. The van der Waals surface area contributed by atoms with Gasteiger partial charge < -0.3 is 39.9 Å². The quantitative estimate of drug-likeness (QED) is 0.0618. The molecule has 8 nitrogen and oxygen atoms in total. The van der Waals surface area contributed by atoms with Gasteiger partial charge in [0.1, 0.15) is 0 Å². The number of rotatable bonds is 18. The van der Waals surface area contributed by atoms with Crippen LogP contribution in [-0.2, 0) is 99.7 Å². The van der Waals surface area contributed by atoms with E-state index in [4.69, 9.17) is 19.9 Å². The molecule has 16 aromatic rings. The molecular weight excluding hydrogens is 2510 g/mol. The van der Waals surface area contributed by atoms with Gasteiger partial charge in [0.15, 0.2) is 0 Å². The smallest absolute Gasteiger partial charge is 0.0799 e. The Morgan fingerprint density at radius 2 is 0.606 bits per heavy atom. The summed E-state index contributed by atoms with van der Waals surface area (Å²) in [6, 6.07) is 110. The number of hydrogen-bond acceptors (Lipinski definition) is 8. The van der Waals surface area contributed by atoms with Crippen LogP contribution in [0.3, 0.4) is 0 Å². The molecule has 8 aromatic heterocycles. The van der Waals surface area contributed by atoms with Gasteiger partial charge in [-0.1, -0.05) is 256 Å². The predicted octanol–water partition coefficient (Wildman–Crippen LogP) is 30.0. The van der Waals surface area contributed by atoms with Crippen molar-refractivity contribution in [1.29, 1.82) is 0 Å². The van der Waals surface area contributed by atoms with Gasteiger partial charge in [-0.25, -0.2) is 0 Å². The van der Waals surface area contributed by atoms with Crippen LogP contribution in [0.1, 0.15) is 133 Å². The van der Waals surface area contributed by atoms with Crippen molar-refractivity contribution in [3.8, 4) is 90.1 Å². The molecule has 16 heteroatoms. The van der Waals surface area contributed by atoms with Gasteiger partial charge in [0.05, 0.1) is 32.3 Å². The molecule has 4 fully saturated rings. The Morgan fingerprint density at radius 3 is 0.901 bits per heavy atom. The van der Waals surface area contributed by atoms with E-state index in [2.05, 4.69) is 327 Å². The Hall–Kier alpha value is -9.58. The number of aromatic nitrogens is 8. The van der Waals surface area contributed by atoms with Gasteiger partial charge in [-0.3, -0.25) is 0 Å². The third-order valence-corrected chi connectivity index (χ3v) is 33.9. The number of pyridine rings is 8. The summed E-state index contributed by atoms with van der Waals surface area (Å²) in [5.41, 5.74) is 31.4. The van der Waals surface area contributed by atoms with E-state index in [1.165, 1.54) is 110 Å². The summed E-state index contributed by atoms with van der Waals surface area (Å²) in [6.07, 6.45) is 28.0. The molecule has 4 radical (unpaired) electrons. The Morgan fingerprint density at radius 1 is 0.296 bits per heavy atom. The van der Waals surface area contributed by atoms with Gasteiger partial charge in [0.2, 0.25) is 0 Å². The zero-order valence-electron chi connectivity index (χ0n) is 87.5. The average Bonchev–Trinajstić information content (AvgIpc) is 0.752. The van der Waals surface area contributed by atoms with Crippen molar-refractivity contribution in [2.45, 2.75) is 218 Å². The van der Waals surface area contributed by atoms with Crippen LogP contribution in [-0.4, -0.2) is 72.2 Å². The first-order chi connectivity index (χ1) is 66.0. The molecule has 0 amide bonds. The monoisotopic (exact) mass is 2650 g/mol. The minimum atomic E-state index is -1.41. The SMILES string of the molecule is CCCc1cc(-c2[c-]c(C)cc(C)c2)ncc1[Si](C)(C)C.CCc1cc(-c2[c-]c(C)cc(C)c2)ncc1[Si](C)(C)C.Cc1[c-]c(-c2cc(C(C)C)c([Si](C)(C)C)cn2)cc(C)c1.Cc1c[c-]c(-c2cc(CC3C4CC5CC(C4)CC3C5)c([Si](C)(C)C)cn2)cc1.[Ir].[Ir].[Ir].[Ir].[c-]1ccccc1-c1ccccn1.[c-]1ccccc1-c1ccccn1.[c-]1ccccc1-c1ccccn1.[c-]1ccccc1-c1ccccn1. The van der Waals surface area contributed by atoms with E-state index < -0.39 is 32.3 Å². The molecule has 746 valence electrons. The topological polar surface area (TPSA) is 103 Å². The van der Waals surface area contributed by atoms with E-state index in [0.717, 1.165) is 132 Å². The van der Waals surface area contributed by atoms with Gasteiger partial charge in [0.25, 0.3) is 0 Å². The average molecular weight is 2650 g/mol. The maximum atomic E-state index is 4.89. The minimum Gasteiger partial charge on any atom is -0.305 e. The van der Waals surface area contributed by atoms with Crippen molar-refractivity contribution in [1.82, 2.24) is 39.9 Å². The molecule has 4 aliphatic rings. The molecule has 4 saturated carbocycles. The van der Waals surface area contributed by atoms with Crippen molar-refractivity contribution in [3.05, 3.63) is 408 Å². The summed E-state index contributed by atoms with van der Waals surface area (Å²) in [5.74, 6) is 5.55. The van der Waals surface area contributed by atoms with E-state index in [0.29, 0.717) is 5.92 Å². The van der Waals surface area contributed by atoms with Crippen LogP contribution in [0.25, 0.3) is 90.1 Å². The first-order valence-electron chi connectivity index (χ1n) is 49.6.